The molecular formula is C16H19ClN2O. The summed E-state index contributed by atoms with van der Waals surface area (Å²) >= 11 is 0. The minimum Gasteiger partial charge on any atom is -0.352 e. The second-order valence-electron chi connectivity index (χ2n) is 5.10. The highest BCUT2D eigenvalue weighted by molar-refractivity contribution is 6.06. The Morgan fingerprint density at radius 3 is 2.80 bits per heavy atom. The number of amides is 1. The molecule has 1 fully saturated rings. The van der Waals surface area contributed by atoms with Crippen molar-refractivity contribution in [1.29, 1.82) is 0 Å². The standard InChI is InChI=1S/C16H18N2O.ClH/c19-16(18-11-12-8-9-17-10-12)15-7-3-5-13-4-1-2-6-14(13)15;/h1-7,12,17H,8-11H2,(H,18,19);1H. The van der Waals surface area contributed by atoms with Gasteiger partial charge in [-0.15, -0.1) is 12.4 Å². The van der Waals surface area contributed by atoms with Crippen LogP contribution >= 0.6 is 12.4 Å². The molecular weight excluding hydrogens is 272 g/mol. The molecule has 1 aliphatic rings. The van der Waals surface area contributed by atoms with E-state index >= 15 is 0 Å². The second-order valence-corrected chi connectivity index (χ2v) is 5.10. The van der Waals surface area contributed by atoms with E-state index in [1.807, 2.05) is 42.5 Å². The number of hydrogen-bond acceptors (Lipinski definition) is 2. The van der Waals surface area contributed by atoms with E-state index in [2.05, 4.69) is 10.6 Å². The highest BCUT2D eigenvalue weighted by Crippen LogP contribution is 2.18. The Labute approximate surface area is 125 Å². The lowest BCUT2D eigenvalue weighted by Gasteiger charge is -2.11. The Hall–Kier alpha value is -1.58. The summed E-state index contributed by atoms with van der Waals surface area (Å²) in [5, 5.41) is 8.50. The van der Waals surface area contributed by atoms with Crippen molar-refractivity contribution in [2.45, 2.75) is 6.42 Å². The van der Waals surface area contributed by atoms with Crippen molar-refractivity contribution in [1.82, 2.24) is 10.6 Å². The molecule has 0 aliphatic carbocycles. The Bertz CT molecular complexity index is 589. The lowest BCUT2D eigenvalue weighted by atomic mass is 10.0. The number of benzene rings is 2. The minimum absolute atomic E-state index is 0. The van der Waals surface area contributed by atoms with Crippen LogP contribution in [-0.2, 0) is 0 Å². The summed E-state index contributed by atoms with van der Waals surface area (Å²) in [5.41, 5.74) is 0.768. The Balaban J connectivity index is 0.00000147. The van der Waals surface area contributed by atoms with Gasteiger partial charge in [-0.3, -0.25) is 4.79 Å². The Kier molecular flexibility index (Phi) is 4.99. The molecule has 1 amide bonds. The fourth-order valence-electron chi connectivity index (χ4n) is 2.64. The summed E-state index contributed by atoms with van der Waals surface area (Å²) in [6.45, 7) is 2.83. The highest BCUT2D eigenvalue weighted by atomic mass is 35.5. The molecule has 0 saturated carbocycles. The molecule has 1 atom stereocenters. The zero-order chi connectivity index (χ0) is 13.1. The molecule has 1 unspecified atom stereocenters. The molecule has 2 aromatic rings. The number of rotatable bonds is 3. The van der Waals surface area contributed by atoms with Crippen LogP contribution in [0.25, 0.3) is 10.8 Å². The van der Waals surface area contributed by atoms with Crippen LogP contribution in [0.2, 0.25) is 0 Å². The highest BCUT2D eigenvalue weighted by Gasteiger charge is 2.16. The number of halogens is 1. The van der Waals surface area contributed by atoms with Gasteiger partial charge in [0.1, 0.15) is 0 Å². The monoisotopic (exact) mass is 290 g/mol. The van der Waals surface area contributed by atoms with Crippen LogP contribution in [-0.4, -0.2) is 25.5 Å². The Morgan fingerprint density at radius 2 is 2.00 bits per heavy atom. The maximum atomic E-state index is 12.3. The molecule has 1 aliphatic heterocycles. The van der Waals surface area contributed by atoms with Crippen molar-refractivity contribution >= 4 is 29.1 Å². The molecule has 0 bridgehead atoms. The van der Waals surface area contributed by atoms with E-state index in [4.69, 9.17) is 0 Å². The van der Waals surface area contributed by atoms with E-state index in [-0.39, 0.29) is 18.3 Å². The van der Waals surface area contributed by atoms with Crippen LogP contribution in [0.15, 0.2) is 42.5 Å². The molecule has 3 nitrogen and oxygen atoms in total. The first-order valence-electron chi connectivity index (χ1n) is 6.81. The zero-order valence-corrected chi connectivity index (χ0v) is 12.1. The van der Waals surface area contributed by atoms with Crippen molar-refractivity contribution in [3.05, 3.63) is 48.0 Å². The summed E-state index contributed by atoms with van der Waals surface area (Å²) in [5.74, 6) is 0.600. The van der Waals surface area contributed by atoms with E-state index < -0.39 is 0 Å². The quantitative estimate of drug-likeness (QED) is 0.912. The number of nitrogens with one attached hydrogen (secondary N) is 2. The van der Waals surface area contributed by atoms with Crippen molar-refractivity contribution in [2.75, 3.05) is 19.6 Å². The molecule has 0 spiro atoms. The zero-order valence-electron chi connectivity index (χ0n) is 11.3. The van der Waals surface area contributed by atoms with Gasteiger partial charge < -0.3 is 10.6 Å². The van der Waals surface area contributed by atoms with E-state index in [1.54, 1.807) is 0 Å². The van der Waals surface area contributed by atoms with Crippen LogP contribution < -0.4 is 10.6 Å². The predicted molar refractivity (Wildman–Crippen MR) is 84.5 cm³/mol. The molecule has 0 aromatic heterocycles. The fraction of sp³-hybridized carbons (Fsp3) is 0.312. The first kappa shape index (κ1) is 14.8. The third kappa shape index (κ3) is 3.11. The van der Waals surface area contributed by atoms with Crippen LogP contribution in [0.4, 0.5) is 0 Å². The minimum atomic E-state index is 0. The van der Waals surface area contributed by atoms with Crippen LogP contribution in [0.3, 0.4) is 0 Å². The maximum absolute atomic E-state index is 12.3. The smallest absolute Gasteiger partial charge is 0.251 e. The van der Waals surface area contributed by atoms with Crippen LogP contribution in [0.1, 0.15) is 16.8 Å². The van der Waals surface area contributed by atoms with Gasteiger partial charge in [0.05, 0.1) is 0 Å². The first-order valence-corrected chi connectivity index (χ1v) is 6.81. The largest absolute Gasteiger partial charge is 0.352 e. The third-order valence-electron chi connectivity index (χ3n) is 3.75. The van der Waals surface area contributed by atoms with Gasteiger partial charge in [-0.25, -0.2) is 0 Å². The van der Waals surface area contributed by atoms with Crippen molar-refractivity contribution < 1.29 is 4.79 Å². The van der Waals surface area contributed by atoms with Gasteiger partial charge in [0, 0.05) is 12.1 Å². The van der Waals surface area contributed by atoms with Crippen LogP contribution in [0, 0.1) is 5.92 Å². The molecule has 4 heteroatoms. The third-order valence-corrected chi connectivity index (χ3v) is 3.75. The molecule has 2 N–H and O–H groups in total. The van der Waals surface area contributed by atoms with E-state index in [0.29, 0.717) is 5.92 Å². The van der Waals surface area contributed by atoms with Gasteiger partial charge in [0.15, 0.2) is 0 Å². The van der Waals surface area contributed by atoms with E-state index in [0.717, 1.165) is 42.4 Å². The van der Waals surface area contributed by atoms with Crippen molar-refractivity contribution in [3.63, 3.8) is 0 Å². The van der Waals surface area contributed by atoms with E-state index in [1.165, 1.54) is 0 Å². The predicted octanol–water partition coefficient (Wildman–Crippen LogP) is 2.60. The molecule has 2 aromatic carbocycles. The average Bonchev–Trinajstić information content (AvgIpc) is 2.97. The van der Waals surface area contributed by atoms with Gasteiger partial charge in [-0.1, -0.05) is 36.4 Å². The van der Waals surface area contributed by atoms with Gasteiger partial charge in [0.25, 0.3) is 5.91 Å². The maximum Gasteiger partial charge on any atom is 0.251 e. The normalized spacial score (nSPS) is 17.7. The molecule has 1 heterocycles. The number of fused-ring (bicyclic) bond motifs is 1. The molecule has 0 radical (unpaired) electrons. The number of carbonyl (C=O) groups is 1. The van der Waals surface area contributed by atoms with Gasteiger partial charge in [0.2, 0.25) is 0 Å². The molecule has 20 heavy (non-hydrogen) atoms. The molecule has 3 rings (SSSR count). The first-order chi connectivity index (χ1) is 9.34. The number of carbonyl (C=O) groups excluding carboxylic acids is 1. The average molecular weight is 291 g/mol. The van der Waals surface area contributed by atoms with Crippen LogP contribution in [0.5, 0.6) is 0 Å². The lowest BCUT2D eigenvalue weighted by Crippen LogP contribution is -2.30. The summed E-state index contributed by atoms with van der Waals surface area (Å²) < 4.78 is 0. The lowest BCUT2D eigenvalue weighted by molar-refractivity contribution is 0.0950. The summed E-state index contributed by atoms with van der Waals surface area (Å²) in [7, 11) is 0. The van der Waals surface area contributed by atoms with Gasteiger partial charge >= 0.3 is 0 Å². The second kappa shape index (κ2) is 6.73. The van der Waals surface area contributed by atoms with Gasteiger partial charge in [-0.2, -0.15) is 0 Å². The number of hydrogen-bond donors (Lipinski definition) is 2. The topological polar surface area (TPSA) is 41.1 Å². The summed E-state index contributed by atoms with van der Waals surface area (Å²) in [6.07, 6.45) is 1.15. The van der Waals surface area contributed by atoms with E-state index in [9.17, 15) is 4.79 Å². The molecule has 1 saturated heterocycles. The fourth-order valence-corrected chi connectivity index (χ4v) is 2.64. The SMILES string of the molecule is Cl.O=C(NCC1CCNC1)c1cccc2ccccc12. The molecule has 106 valence electrons. The summed E-state index contributed by atoms with van der Waals surface area (Å²) in [4.78, 5) is 12.3. The summed E-state index contributed by atoms with van der Waals surface area (Å²) in [6, 6.07) is 13.9. The van der Waals surface area contributed by atoms with Gasteiger partial charge in [-0.05, 0) is 42.3 Å². The Morgan fingerprint density at radius 1 is 1.20 bits per heavy atom. The van der Waals surface area contributed by atoms with Crippen molar-refractivity contribution in [2.24, 2.45) is 5.92 Å². The van der Waals surface area contributed by atoms with Crippen molar-refractivity contribution in [3.8, 4) is 0 Å².